The van der Waals surface area contributed by atoms with E-state index >= 15 is 0 Å². The van der Waals surface area contributed by atoms with Crippen molar-refractivity contribution in [1.82, 2.24) is 20.4 Å². The molecule has 0 saturated carbocycles. The third-order valence-electron chi connectivity index (χ3n) is 3.88. The van der Waals surface area contributed by atoms with Gasteiger partial charge in [-0.2, -0.15) is 4.98 Å². The number of carbonyl (C=O) groups excluding carboxylic acids is 2. The van der Waals surface area contributed by atoms with Crippen molar-refractivity contribution < 1.29 is 18.8 Å². The Labute approximate surface area is 138 Å². The number of hydrogen-bond acceptors (Lipinski definition) is 6. The van der Waals surface area contributed by atoms with Gasteiger partial charge in [-0.15, -0.1) is 0 Å². The second kappa shape index (κ2) is 7.12. The average Bonchev–Trinajstić information content (AvgIpc) is 3.28. The summed E-state index contributed by atoms with van der Waals surface area (Å²) >= 11 is 0. The first kappa shape index (κ1) is 16.0. The maximum Gasteiger partial charge on any atom is 0.325 e. The zero-order valence-corrected chi connectivity index (χ0v) is 13.3. The molecule has 0 radical (unpaired) electrons. The standard InChI is InChI=1S/C16H18N4O4/c1-23-13(21)10-17-16(22)20-9-5-8-12(20)15-18-14(19-24-15)11-6-3-2-4-7-11/h2-4,6-7,12H,5,8-10H2,1H3,(H,17,22). The van der Waals surface area contributed by atoms with Crippen LogP contribution in [0.5, 0.6) is 0 Å². The Balaban J connectivity index is 1.70. The monoisotopic (exact) mass is 330 g/mol. The van der Waals surface area contributed by atoms with Crippen LogP contribution >= 0.6 is 0 Å². The van der Waals surface area contributed by atoms with Crippen LogP contribution in [0.2, 0.25) is 0 Å². The molecule has 1 N–H and O–H groups in total. The highest BCUT2D eigenvalue weighted by atomic mass is 16.5. The quantitative estimate of drug-likeness (QED) is 0.858. The molecule has 0 spiro atoms. The maximum atomic E-state index is 12.2. The number of likely N-dealkylation sites (tertiary alicyclic amines) is 1. The van der Waals surface area contributed by atoms with Gasteiger partial charge < -0.3 is 19.5 Å². The lowest BCUT2D eigenvalue weighted by Gasteiger charge is -2.21. The molecule has 126 valence electrons. The lowest BCUT2D eigenvalue weighted by molar-refractivity contribution is -0.139. The van der Waals surface area contributed by atoms with Crippen LogP contribution in [0.3, 0.4) is 0 Å². The molecule has 0 bridgehead atoms. The Kier molecular flexibility index (Phi) is 4.74. The molecule has 2 aromatic rings. The molecule has 1 aliphatic rings. The molecule has 1 aromatic carbocycles. The molecule has 1 saturated heterocycles. The molecule has 1 aliphatic heterocycles. The summed E-state index contributed by atoms with van der Waals surface area (Å²) in [6.45, 7) is 0.401. The fourth-order valence-corrected chi connectivity index (χ4v) is 2.66. The first-order valence-electron chi connectivity index (χ1n) is 7.69. The third-order valence-corrected chi connectivity index (χ3v) is 3.88. The number of nitrogens with one attached hydrogen (secondary N) is 1. The Morgan fingerprint density at radius 1 is 1.38 bits per heavy atom. The summed E-state index contributed by atoms with van der Waals surface area (Å²) in [7, 11) is 1.27. The number of rotatable bonds is 4. The molecule has 2 amide bonds. The predicted molar refractivity (Wildman–Crippen MR) is 83.8 cm³/mol. The summed E-state index contributed by atoms with van der Waals surface area (Å²) < 4.78 is 9.87. The van der Waals surface area contributed by atoms with E-state index in [4.69, 9.17) is 4.52 Å². The third kappa shape index (κ3) is 3.37. The predicted octanol–water partition coefficient (Wildman–Crippen LogP) is 1.76. The first-order valence-corrected chi connectivity index (χ1v) is 7.69. The number of carbonyl (C=O) groups is 2. The zero-order chi connectivity index (χ0) is 16.9. The topological polar surface area (TPSA) is 97.6 Å². The SMILES string of the molecule is COC(=O)CNC(=O)N1CCCC1c1nc(-c2ccccc2)no1. The van der Waals surface area contributed by atoms with Crippen molar-refractivity contribution in [2.75, 3.05) is 20.2 Å². The van der Waals surface area contributed by atoms with Gasteiger partial charge in [-0.3, -0.25) is 4.79 Å². The van der Waals surface area contributed by atoms with E-state index in [0.29, 0.717) is 18.3 Å². The van der Waals surface area contributed by atoms with E-state index in [9.17, 15) is 9.59 Å². The van der Waals surface area contributed by atoms with Crippen molar-refractivity contribution in [2.45, 2.75) is 18.9 Å². The van der Waals surface area contributed by atoms with E-state index in [0.717, 1.165) is 18.4 Å². The number of benzene rings is 1. The molecule has 1 fully saturated rings. The van der Waals surface area contributed by atoms with Crippen LogP contribution in [-0.2, 0) is 9.53 Å². The van der Waals surface area contributed by atoms with Crippen LogP contribution < -0.4 is 5.32 Å². The molecule has 8 heteroatoms. The van der Waals surface area contributed by atoms with Gasteiger partial charge in [0.25, 0.3) is 0 Å². The minimum absolute atomic E-state index is 0.169. The number of esters is 1. The number of methoxy groups -OCH3 is 1. The smallest absolute Gasteiger partial charge is 0.325 e. The van der Waals surface area contributed by atoms with Crippen LogP contribution in [-0.4, -0.2) is 47.2 Å². The van der Waals surface area contributed by atoms with Crippen LogP contribution in [0, 0.1) is 0 Å². The van der Waals surface area contributed by atoms with Gasteiger partial charge in [0.2, 0.25) is 11.7 Å². The molecule has 0 aliphatic carbocycles. The normalized spacial score (nSPS) is 16.9. The summed E-state index contributed by atoms with van der Waals surface area (Å²) in [4.78, 5) is 29.4. The molecule has 3 rings (SSSR count). The summed E-state index contributed by atoms with van der Waals surface area (Å²) in [6.07, 6.45) is 1.57. The van der Waals surface area contributed by atoms with Gasteiger partial charge in [0, 0.05) is 12.1 Å². The average molecular weight is 330 g/mol. The van der Waals surface area contributed by atoms with E-state index in [1.54, 1.807) is 4.90 Å². The van der Waals surface area contributed by atoms with Crippen LogP contribution in [0.1, 0.15) is 24.8 Å². The van der Waals surface area contributed by atoms with Gasteiger partial charge in [-0.25, -0.2) is 4.79 Å². The number of hydrogen-bond donors (Lipinski definition) is 1. The highest BCUT2D eigenvalue weighted by Crippen LogP contribution is 2.31. The Bertz CT molecular complexity index is 716. The summed E-state index contributed by atoms with van der Waals surface area (Å²) in [5, 5.41) is 6.53. The Morgan fingerprint density at radius 3 is 2.92 bits per heavy atom. The molecular weight excluding hydrogens is 312 g/mol. The number of ether oxygens (including phenoxy) is 1. The van der Waals surface area contributed by atoms with Gasteiger partial charge >= 0.3 is 12.0 Å². The summed E-state index contributed by atoms with van der Waals surface area (Å²) in [5.41, 5.74) is 0.854. The minimum Gasteiger partial charge on any atom is -0.468 e. The van der Waals surface area contributed by atoms with Gasteiger partial charge in [-0.1, -0.05) is 35.5 Å². The lowest BCUT2D eigenvalue weighted by Crippen LogP contribution is -2.41. The number of amides is 2. The fourth-order valence-electron chi connectivity index (χ4n) is 2.66. The molecule has 2 heterocycles. The highest BCUT2D eigenvalue weighted by molar-refractivity contribution is 5.81. The molecular formula is C16H18N4O4. The van der Waals surface area contributed by atoms with Crippen molar-refractivity contribution in [2.24, 2.45) is 0 Å². The van der Waals surface area contributed by atoms with Crippen LogP contribution in [0.25, 0.3) is 11.4 Å². The summed E-state index contributed by atoms with van der Waals surface area (Å²) in [5.74, 6) is 0.398. The molecule has 1 aromatic heterocycles. The van der Waals surface area contributed by atoms with Crippen molar-refractivity contribution >= 4 is 12.0 Å². The van der Waals surface area contributed by atoms with Gasteiger partial charge in [0.15, 0.2) is 0 Å². The van der Waals surface area contributed by atoms with Crippen molar-refractivity contribution in [3.8, 4) is 11.4 Å². The van der Waals surface area contributed by atoms with Gasteiger partial charge in [0.05, 0.1) is 7.11 Å². The van der Waals surface area contributed by atoms with E-state index in [2.05, 4.69) is 20.2 Å². The van der Waals surface area contributed by atoms with E-state index in [1.807, 2.05) is 30.3 Å². The minimum atomic E-state index is -0.497. The largest absolute Gasteiger partial charge is 0.468 e. The molecule has 1 atom stereocenters. The van der Waals surface area contributed by atoms with Crippen molar-refractivity contribution in [1.29, 1.82) is 0 Å². The molecule has 24 heavy (non-hydrogen) atoms. The fraction of sp³-hybridized carbons (Fsp3) is 0.375. The second-order valence-corrected chi connectivity index (χ2v) is 5.41. The Hall–Kier alpha value is -2.90. The van der Waals surface area contributed by atoms with E-state index in [1.165, 1.54) is 7.11 Å². The molecule has 1 unspecified atom stereocenters. The van der Waals surface area contributed by atoms with Crippen molar-refractivity contribution in [3.05, 3.63) is 36.2 Å². The highest BCUT2D eigenvalue weighted by Gasteiger charge is 2.34. The number of aromatic nitrogens is 2. The maximum absolute atomic E-state index is 12.2. The van der Waals surface area contributed by atoms with Gasteiger partial charge in [-0.05, 0) is 12.8 Å². The van der Waals surface area contributed by atoms with E-state index < -0.39 is 5.97 Å². The number of urea groups is 1. The second-order valence-electron chi connectivity index (χ2n) is 5.41. The summed E-state index contributed by atoms with van der Waals surface area (Å²) in [6, 6.07) is 8.86. The molecule has 8 nitrogen and oxygen atoms in total. The van der Waals surface area contributed by atoms with Crippen LogP contribution in [0.15, 0.2) is 34.9 Å². The first-order chi connectivity index (χ1) is 11.7. The Morgan fingerprint density at radius 2 is 2.17 bits per heavy atom. The zero-order valence-electron chi connectivity index (χ0n) is 13.3. The lowest BCUT2D eigenvalue weighted by atomic mass is 10.2. The number of nitrogens with zero attached hydrogens (tertiary/aromatic N) is 3. The van der Waals surface area contributed by atoms with Crippen LogP contribution in [0.4, 0.5) is 4.79 Å². The van der Waals surface area contributed by atoms with E-state index in [-0.39, 0.29) is 18.6 Å². The van der Waals surface area contributed by atoms with Crippen molar-refractivity contribution in [3.63, 3.8) is 0 Å². The van der Waals surface area contributed by atoms with Gasteiger partial charge in [0.1, 0.15) is 12.6 Å².